The molecular weight excluding hydrogens is 438 g/mol. The largest absolute Gasteiger partial charge is 0.393 e. The van der Waals surface area contributed by atoms with Crippen LogP contribution in [0.3, 0.4) is 0 Å². The summed E-state index contributed by atoms with van der Waals surface area (Å²) in [5.41, 5.74) is 1.95. The summed E-state index contributed by atoms with van der Waals surface area (Å²) in [4.78, 5) is 12.3. The Bertz CT molecular complexity index is 1040. The van der Waals surface area contributed by atoms with E-state index >= 15 is 0 Å². The van der Waals surface area contributed by atoms with Crippen LogP contribution in [0.4, 0.5) is 0 Å². The first-order chi connectivity index (χ1) is 16.7. The van der Waals surface area contributed by atoms with E-state index in [9.17, 15) is 15.3 Å². The molecule has 35 heavy (non-hydrogen) atoms. The number of imidazole rings is 1. The third-order valence-electron chi connectivity index (χ3n) is 11.7. The van der Waals surface area contributed by atoms with Crippen LogP contribution in [0.5, 0.6) is 0 Å². The van der Waals surface area contributed by atoms with Crippen molar-refractivity contribution >= 4 is 11.0 Å². The Labute approximate surface area is 209 Å². The van der Waals surface area contributed by atoms with Crippen LogP contribution in [0.2, 0.25) is 0 Å². The predicted octanol–water partition coefficient (Wildman–Crippen LogP) is 4.49. The Morgan fingerprint density at radius 1 is 1.09 bits per heavy atom. The molecule has 1 unspecified atom stereocenters. The van der Waals surface area contributed by atoms with Gasteiger partial charge in [-0.25, -0.2) is 4.98 Å². The van der Waals surface area contributed by atoms with E-state index < -0.39 is 0 Å². The van der Waals surface area contributed by atoms with Gasteiger partial charge in [0.1, 0.15) is 11.3 Å². The summed E-state index contributed by atoms with van der Waals surface area (Å²) in [5.74, 6) is 3.34. The predicted molar refractivity (Wildman–Crippen MR) is 135 cm³/mol. The molecule has 4 saturated carbocycles. The summed E-state index contributed by atoms with van der Waals surface area (Å²) in [7, 11) is 0. The summed E-state index contributed by atoms with van der Waals surface area (Å²) >= 11 is 0. The lowest BCUT2D eigenvalue weighted by atomic mass is 9.43. The molecule has 0 radical (unpaired) electrons. The molecule has 4 aliphatic rings. The Morgan fingerprint density at radius 2 is 1.91 bits per heavy atom. The minimum Gasteiger partial charge on any atom is -0.393 e. The highest BCUT2D eigenvalue weighted by atomic mass is 16.3. The minimum atomic E-state index is -0.324. The number of H-pyrrole nitrogens is 1. The van der Waals surface area contributed by atoms with Crippen LogP contribution in [-0.4, -0.2) is 48.6 Å². The van der Waals surface area contributed by atoms with E-state index in [1.165, 1.54) is 0 Å². The van der Waals surface area contributed by atoms with Gasteiger partial charge in [0.15, 0.2) is 0 Å². The lowest BCUT2D eigenvalue weighted by Crippen LogP contribution is -2.62. The van der Waals surface area contributed by atoms with Crippen molar-refractivity contribution in [3.05, 3.63) is 24.3 Å². The maximum absolute atomic E-state index is 11.8. The quantitative estimate of drug-likeness (QED) is 0.515. The lowest BCUT2D eigenvalue weighted by molar-refractivity contribution is -0.207. The number of aromatic nitrogens is 3. The van der Waals surface area contributed by atoms with Gasteiger partial charge in [-0.3, -0.25) is 4.98 Å². The number of nitrogens with zero attached hydrogens (tertiary/aromatic N) is 2. The van der Waals surface area contributed by atoms with Crippen LogP contribution in [0.15, 0.2) is 18.5 Å². The first-order valence-corrected chi connectivity index (χ1v) is 14.0. The molecular formula is C29H43N3O3. The fourth-order valence-electron chi connectivity index (χ4n) is 9.73. The Morgan fingerprint density at radius 3 is 2.71 bits per heavy atom. The van der Waals surface area contributed by atoms with Crippen LogP contribution >= 0.6 is 0 Å². The van der Waals surface area contributed by atoms with Crippen LogP contribution in [0.25, 0.3) is 11.0 Å². The average Bonchev–Trinajstić information content (AvgIpc) is 3.41. The second-order valence-corrected chi connectivity index (χ2v) is 13.1. The number of aryl methyl sites for hydroxylation is 1. The Kier molecular flexibility index (Phi) is 5.82. The molecule has 6 nitrogen and oxygen atoms in total. The monoisotopic (exact) mass is 481 g/mol. The van der Waals surface area contributed by atoms with E-state index in [1.54, 1.807) is 6.20 Å². The second kappa shape index (κ2) is 8.53. The van der Waals surface area contributed by atoms with Gasteiger partial charge in [-0.05, 0) is 104 Å². The lowest BCUT2D eigenvalue weighted by Gasteiger charge is -2.63. The topological polar surface area (TPSA) is 102 Å². The number of aliphatic hydroxyl groups is 3. The summed E-state index contributed by atoms with van der Waals surface area (Å²) in [6.45, 7) is 7.10. The highest BCUT2D eigenvalue weighted by Crippen LogP contribution is 2.68. The Balaban J connectivity index is 1.21. The van der Waals surface area contributed by atoms with Crippen LogP contribution in [0, 0.1) is 46.3 Å². The van der Waals surface area contributed by atoms with Gasteiger partial charge in [0.05, 0.1) is 30.0 Å². The summed E-state index contributed by atoms with van der Waals surface area (Å²) in [6.07, 6.45) is 11.3. The van der Waals surface area contributed by atoms with Gasteiger partial charge < -0.3 is 20.3 Å². The van der Waals surface area contributed by atoms with E-state index in [2.05, 4.69) is 30.7 Å². The van der Waals surface area contributed by atoms with Gasteiger partial charge in [0.25, 0.3) is 0 Å². The molecule has 2 aromatic rings. The molecule has 0 aromatic carbocycles. The van der Waals surface area contributed by atoms with Crippen molar-refractivity contribution in [2.24, 2.45) is 46.3 Å². The molecule has 0 aliphatic heterocycles. The number of aliphatic hydroxyl groups excluding tert-OH is 3. The molecule has 0 bridgehead atoms. The molecule has 6 heteroatoms. The normalized spacial score (nSPS) is 46.1. The minimum absolute atomic E-state index is 0.130. The van der Waals surface area contributed by atoms with Crippen molar-refractivity contribution in [1.29, 1.82) is 0 Å². The third-order valence-corrected chi connectivity index (χ3v) is 11.7. The molecule has 0 amide bonds. The number of hydrogen-bond acceptors (Lipinski definition) is 5. The third kappa shape index (κ3) is 3.61. The van der Waals surface area contributed by atoms with Crippen molar-refractivity contribution in [2.45, 2.75) is 96.9 Å². The number of pyridine rings is 1. The number of nitrogens with one attached hydrogen (secondary N) is 1. The van der Waals surface area contributed by atoms with E-state index in [0.717, 1.165) is 74.6 Å². The number of aromatic amines is 1. The fraction of sp³-hybridized carbons (Fsp3) is 0.793. The average molecular weight is 482 g/mol. The summed E-state index contributed by atoms with van der Waals surface area (Å²) < 4.78 is 0. The first-order valence-electron chi connectivity index (χ1n) is 14.0. The zero-order chi connectivity index (χ0) is 24.5. The van der Waals surface area contributed by atoms with Crippen LogP contribution in [0.1, 0.15) is 78.0 Å². The van der Waals surface area contributed by atoms with Gasteiger partial charge >= 0.3 is 0 Å². The molecule has 0 spiro atoms. The number of fused-ring (bicyclic) bond motifs is 6. The molecule has 2 heterocycles. The van der Waals surface area contributed by atoms with E-state index in [1.807, 2.05) is 12.3 Å². The van der Waals surface area contributed by atoms with Crippen LogP contribution in [-0.2, 0) is 6.42 Å². The van der Waals surface area contributed by atoms with Gasteiger partial charge in [-0.2, -0.15) is 0 Å². The van der Waals surface area contributed by atoms with Gasteiger partial charge in [0, 0.05) is 12.6 Å². The highest BCUT2D eigenvalue weighted by molar-refractivity contribution is 5.73. The van der Waals surface area contributed by atoms with Gasteiger partial charge in [-0.15, -0.1) is 0 Å². The molecule has 4 fully saturated rings. The maximum atomic E-state index is 11.8. The standard InChI is InChI=1S/C29H43N3O3/c1-16(4-7-26-31-22-9-11-30-15-23(22)32-26)19-5-6-20-27-21(14-25(35)29(19,20)3)28(2)10-8-18(33)12-17(28)13-24(27)34/h9,11,15-21,24-25,27,33-35H,4-8,10,12-14H2,1-3H3,(H,31,32)/t16?,17-,18+,19+,20-,21-,24+,25-,27-,28-,29+/m0/s1. The molecule has 6 rings (SSSR count). The molecule has 192 valence electrons. The molecule has 4 aliphatic carbocycles. The highest BCUT2D eigenvalue weighted by Gasteiger charge is 2.65. The van der Waals surface area contributed by atoms with Gasteiger partial charge in [-0.1, -0.05) is 20.8 Å². The van der Waals surface area contributed by atoms with E-state index in [-0.39, 0.29) is 35.1 Å². The number of hydrogen-bond donors (Lipinski definition) is 4. The van der Waals surface area contributed by atoms with Crippen molar-refractivity contribution in [1.82, 2.24) is 15.0 Å². The molecule has 0 saturated heterocycles. The fourth-order valence-corrected chi connectivity index (χ4v) is 9.73. The molecule has 4 N–H and O–H groups in total. The first kappa shape index (κ1) is 23.9. The van der Waals surface area contributed by atoms with Gasteiger partial charge in [0.2, 0.25) is 0 Å². The molecule has 2 aromatic heterocycles. The zero-order valence-corrected chi connectivity index (χ0v) is 21.5. The Hall–Kier alpha value is -1.50. The van der Waals surface area contributed by atoms with E-state index in [0.29, 0.717) is 29.6 Å². The van der Waals surface area contributed by atoms with Crippen molar-refractivity contribution in [2.75, 3.05) is 0 Å². The van der Waals surface area contributed by atoms with Crippen molar-refractivity contribution in [3.8, 4) is 0 Å². The summed E-state index contributed by atoms with van der Waals surface area (Å²) in [6, 6.07) is 1.97. The molecule has 11 atom stereocenters. The second-order valence-electron chi connectivity index (χ2n) is 13.1. The number of rotatable bonds is 4. The van der Waals surface area contributed by atoms with Crippen molar-refractivity contribution in [3.63, 3.8) is 0 Å². The maximum Gasteiger partial charge on any atom is 0.107 e. The zero-order valence-electron chi connectivity index (χ0n) is 21.5. The van der Waals surface area contributed by atoms with E-state index in [4.69, 9.17) is 4.98 Å². The smallest absolute Gasteiger partial charge is 0.107 e. The van der Waals surface area contributed by atoms with Crippen molar-refractivity contribution < 1.29 is 15.3 Å². The SMILES string of the molecule is CC(CCc1nc2cnccc2[nH]1)[C@H]1CC[C@H]2[C@@H]3[C@H](O)C[C@@H]4C[C@H](O)CC[C@]4(C)[C@H]3C[C@H](O)[C@]12C. The van der Waals surface area contributed by atoms with Crippen LogP contribution < -0.4 is 0 Å². The summed E-state index contributed by atoms with van der Waals surface area (Å²) in [5, 5.41) is 33.5.